The molecule has 3 atom stereocenters. The van der Waals surface area contributed by atoms with Crippen molar-refractivity contribution in [1.82, 2.24) is 20.4 Å². The molecule has 160 valence electrons. The van der Waals surface area contributed by atoms with E-state index < -0.39 is 0 Å². The molecular weight excluding hydrogens is 380 g/mol. The molecule has 2 aromatic rings. The van der Waals surface area contributed by atoms with Crippen LogP contribution in [0.15, 0.2) is 48.8 Å². The Labute approximate surface area is 177 Å². The van der Waals surface area contributed by atoms with Gasteiger partial charge >= 0.3 is 0 Å². The highest BCUT2D eigenvalue weighted by Gasteiger charge is 2.40. The van der Waals surface area contributed by atoms with Gasteiger partial charge in [-0.15, -0.1) is 0 Å². The smallest absolute Gasteiger partial charge is 0.253 e. The molecule has 0 spiro atoms. The Bertz CT molecular complexity index is 814. The summed E-state index contributed by atoms with van der Waals surface area (Å²) in [5, 5.41) is 21.6. The highest BCUT2D eigenvalue weighted by Crippen LogP contribution is 2.39. The first-order valence-corrected chi connectivity index (χ1v) is 10.8. The predicted octanol–water partition coefficient (Wildman–Crippen LogP) is 1.78. The third-order valence-corrected chi connectivity index (χ3v) is 6.62. The molecule has 1 aromatic carbocycles. The lowest BCUT2D eigenvalue weighted by Gasteiger charge is -2.37. The van der Waals surface area contributed by atoms with Crippen LogP contribution in [-0.4, -0.2) is 71.1 Å². The molecule has 1 aliphatic heterocycles. The lowest BCUT2D eigenvalue weighted by atomic mass is 9.74. The molecule has 1 aliphatic carbocycles. The second-order valence-corrected chi connectivity index (χ2v) is 8.32. The standard InChI is InChI=1S/C23H30N4O3/c28-21-7-10-23(19-4-2-1-3-5-19,9-6-20(21)27-12-14-30-15-13-27)17-24-22(29)18-8-11-25-26-16-18/h1-5,8,11,16,20-21,28H,6-7,9-10,12-15,17H2,(H,24,29)/t20-,21-,23-/m1/s1. The van der Waals surface area contributed by atoms with Gasteiger partial charge in [0.2, 0.25) is 0 Å². The van der Waals surface area contributed by atoms with Gasteiger partial charge in [0.05, 0.1) is 37.3 Å². The number of hydrogen-bond acceptors (Lipinski definition) is 6. The van der Waals surface area contributed by atoms with Crippen LogP contribution in [0.2, 0.25) is 0 Å². The largest absolute Gasteiger partial charge is 0.391 e. The van der Waals surface area contributed by atoms with Crippen molar-refractivity contribution >= 4 is 5.91 Å². The van der Waals surface area contributed by atoms with Crippen molar-refractivity contribution in [2.75, 3.05) is 32.8 Å². The summed E-state index contributed by atoms with van der Waals surface area (Å²) < 4.78 is 5.49. The SMILES string of the molecule is O=C(NC[C@]1(c2ccccc2)CC[C@@H](O)[C@H](N2CCOCC2)CC1)c1ccnnc1. The van der Waals surface area contributed by atoms with Gasteiger partial charge < -0.3 is 15.2 Å². The number of carbonyl (C=O) groups excluding carboxylic acids is 1. The Morgan fingerprint density at radius 1 is 1.13 bits per heavy atom. The Balaban J connectivity index is 1.53. The van der Waals surface area contributed by atoms with Gasteiger partial charge in [-0.25, -0.2) is 0 Å². The van der Waals surface area contributed by atoms with E-state index in [2.05, 4.69) is 32.5 Å². The molecule has 30 heavy (non-hydrogen) atoms. The first-order valence-electron chi connectivity index (χ1n) is 10.8. The van der Waals surface area contributed by atoms with E-state index in [0.29, 0.717) is 18.5 Å². The quantitative estimate of drug-likeness (QED) is 0.731. The molecule has 1 saturated carbocycles. The van der Waals surface area contributed by atoms with E-state index in [1.807, 2.05) is 18.2 Å². The van der Waals surface area contributed by atoms with E-state index in [0.717, 1.165) is 45.6 Å². The molecular formula is C23H30N4O3. The molecule has 1 amide bonds. The van der Waals surface area contributed by atoms with Crippen molar-refractivity contribution in [3.05, 3.63) is 59.9 Å². The van der Waals surface area contributed by atoms with Gasteiger partial charge in [0.1, 0.15) is 0 Å². The zero-order valence-electron chi connectivity index (χ0n) is 17.2. The van der Waals surface area contributed by atoms with Crippen LogP contribution in [0.3, 0.4) is 0 Å². The third kappa shape index (κ3) is 4.69. The summed E-state index contributed by atoms with van der Waals surface area (Å²) in [4.78, 5) is 15.0. The minimum atomic E-state index is -0.367. The Morgan fingerprint density at radius 2 is 1.90 bits per heavy atom. The molecule has 1 saturated heterocycles. The molecule has 7 heteroatoms. The van der Waals surface area contributed by atoms with Crippen molar-refractivity contribution < 1.29 is 14.6 Å². The molecule has 0 radical (unpaired) electrons. The number of aromatic nitrogens is 2. The molecule has 0 unspecified atom stereocenters. The lowest BCUT2D eigenvalue weighted by molar-refractivity contribution is -0.0236. The van der Waals surface area contributed by atoms with Crippen LogP contribution in [0.5, 0.6) is 0 Å². The summed E-state index contributed by atoms with van der Waals surface area (Å²) in [6.07, 6.45) is 5.98. The van der Waals surface area contributed by atoms with Crippen LogP contribution in [0.25, 0.3) is 0 Å². The first kappa shape index (κ1) is 20.9. The number of benzene rings is 1. The van der Waals surface area contributed by atoms with Gasteiger partial charge in [-0.1, -0.05) is 30.3 Å². The highest BCUT2D eigenvalue weighted by atomic mass is 16.5. The van der Waals surface area contributed by atoms with Gasteiger partial charge in [-0.05, 0) is 37.3 Å². The number of morpholine rings is 1. The number of amides is 1. The molecule has 0 bridgehead atoms. The highest BCUT2D eigenvalue weighted by molar-refractivity contribution is 5.93. The van der Waals surface area contributed by atoms with E-state index in [1.54, 1.807) is 6.07 Å². The normalized spacial score (nSPS) is 27.9. The summed E-state index contributed by atoms with van der Waals surface area (Å²) in [7, 11) is 0. The summed E-state index contributed by atoms with van der Waals surface area (Å²) in [6.45, 7) is 3.71. The molecule has 2 N–H and O–H groups in total. The zero-order valence-corrected chi connectivity index (χ0v) is 17.2. The van der Waals surface area contributed by atoms with Crippen molar-refractivity contribution in [1.29, 1.82) is 0 Å². The van der Waals surface area contributed by atoms with Crippen molar-refractivity contribution in [2.45, 2.75) is 43.2 Å². The van der Waals surface area contributed by atoms with Crippen molar-refractivity contribution in [3.63, 3.8) is 0 Å². The predicted molar refractivity (Wildman–Crippen MR) is 113 cm³/mol. The molecule has 1 aromatic heterocycles. The summed E-state index contributed by atoms with van der Waals surface area (Å²) >= 11 is 0. The van der Waals surface area contributed by atoms with E-state index in [4.69, 9.17) is 4.74 Å². The average Bonchev–Trinajstić information content (AvgIpc) is 2.99. The Morgan fingerprint density at radius 3 is 2.63 bits per heavy atom. The fourth-order valence-electron chi connectivity index (χ4n) is 4.83. The van der Waals surface area contributed by atoms with E-state index >= 15 is 0 Å². The van der Waals surface area contributed by atoms with Crippen molar-refractivity contribution in [3.8, 4) is 0 Å². The lowest BCUT2D eigenvalue weighted by Crippen LogP contribution is -2.48. The fourth-order valence-corrected chi connectivity index (χ4v) is 4.83. The average molecular weight is 411 g/mol. The number of nitrogens with one attached hydrogen (secondary N) is 1. The van der Waals surface area contributed by atoms with Crippen LogP contribution in [-0.2, 0) is 10.2 Å². The maximum Gasteiger partial charge on any atom is 0.253 e. The summed E-state index contributed by atoms with van der Waals surface area (Å²) in [5.41, 5.74) is 1.51. The molecule has 4 rings (SSSR count). The topological polar surface area (TPSA) is 87.6 Å². The second-order valence-electron chi connectivity index (χ2n) is 8.32. The number of ether oxygens (including phenoxy) is 1. The molecule has 2 aliphatic rings. The van der Waals surface area contributed by atoms with Gasteiger partial charge in [-0.2, -0.15) is 10.2 Å². The number of hydrogen-bond donors (Lipinski definition) is 2. The van der Waals surface area contributed by atoms with Crippen LogP contribution in [0.1, 0.15) is 41.6 Å². The zero-order chi connectivity index (χ0) is 20.8. The van der Waals surface area contributed by atoms with E-state index in [-0.39, 0.29) is 23.5 Å². The van der Waals surface area contributed by atoms with E-state index in [9.17, 15) is 9.90 Å². The van der Waals surface area contributed by atoms with Gasteiger partial charge in [0.25, 0.3) is 5.91 Å². The third-order valence-electron chi connectivity index (χ3n) is 6.62. The summed E-state index contributed by atoms with van der Waals surface area (Å²) in [6, 6.07) is 12.2. The molecule has 2 fully saturated rings. The van der Waals surface area contributed by atoms with Gasteiger partial charge in [-0.3, -0.25) is 9.69 Å². The Kier molecular flexibility index (Phi) is 6.72. The molecule has 2 heterocycles. The second kappa shape index (κ2) is 9.64. The number of nitrogens with zero attached hydrogens (tertiary/aromatic N) is 3. The van der Waals surface area contributed by atoms with Crippen LogP contribution in [0, 0.1) is 0 Å². The minimum Gasteiger partial charge on any atom is -0.391 e. The molecule has 7 nitrogen and oxygen atoms in total. The monoisotopic (exact) mass is 410 g/mol. The van der Waals surface area contributed by atoms with Gasteiger partial charge in [0.15, 0.2) is 0 Å². The number of aliphatic hydroxyl groups is 1. The minimum absolute atomic E-state index is 0.139. The van der Waals surface area contributed by atoms with Crippen molar-refractivity contribution in [2.24, 2.45) is 0 Å². The number of aliphatic hydroxyl groups excluding tert-OH is 1. The summed E-state index contributed by atoms with van der Waals surface area (Å²) in [5.74, 6) is -0.144. The van der Waals surface area contributed by atoms with Crippen LogP contribution < -0.4 is 5.32 Å². The maximum atomic E-state index is 12.7. The van der Waals surface area contributed by atoms with E-state index in [1.165, 1.54) is 18.0 Å². The number of rotatable bonds is 5. The van der Waals surface area contributed by atoms with Gasteiger partial charge in [0, 0.05) is 31.1 Å². The van der Waals surface area contributed by atoms with Crippen LogP contribution in [0.4, 0.5) is 0 Å². The first-order chi connectivity index (χ1) is 14.7. The maximum absolute atomic E-state index is 12.7. The van der Waals surface area contributed by atoms with Crippen LogP contribution >= 0.6 is 0 Å². The number of carbonyl (C=O) groups is 1. The fraction of sp³-hybridized carbons (Fsp3) is 0.522. The Hall–Kier alpha value is -2.35.